The number of terminal acetylenes is 1. The summed E-state index contributed by atoms with van der Waals surface area (Å²) < 4.78 is 34.2. The summed E-state index contributed by atoms with van der Waals surface area (Å²) in [5.41, 5.74) is 4.95. The van der Waals surface area contributed by atoms with Crippen LogP contribution in [-0.2, 0) is 9.53 Å². The number of nitrogens with two attached hydrogens (primary N) is 1. The smallest absolute Gasteiger partial charge is 0.357 e. The van der Waals surface area contributed by atoms with Crippen molar-refractivity contribution in [2.24, 2.45) is 11.7 Å². The molecule has 5 nitrogen and oxygen atoms in total. The topological polar surface area (TPSA) is 76.4 Å². The van der Waals surface area contributed by atoms with Crippen molar-refractivity contribution in [2.75, 3.05) is 6.61 Å². The zero-order valence-electron chi connectivity index (χ0n) is 12.9. The average molecular weight is 366 g/mol. The van der Waals surface area contributed by atoms with E-state index >= 15 is 0 Å². The fraction of sp³-hybridized carbons (Fsp3) is 0.235. The highest BCUT2D eigenvalue weighted by Crippen LogP contribution is 2.36. The second-order valence-electron chi connectivity index (χ2n) is 5.55. The molecule has 4 N–H and O–H groups in total. The second kappa shape index (κ2) is 6.65. The first-order valence-corrected chi connectivity index (χ1v) is 7.76. The summed E-state index contributed by atoms with van der Waals surface area (Å²) in [7, 11) is 0. The van der Waals surface area contributed by atoms with E-state index < -0.39 is 35.4 Å². The Hall–Kier alpha value is -2.72. The molecule has 3 rings (SSSR count). The summed E-state index contributed by atoms with van der Waals surface area (Å²) in [6.45, 7) is -0.290. The Kier molecular flexibility index (Phi) is 4.55. The molecule has 0 spiro atoms. The number of rotatable bonds is 3. The van der Waals surface area contributed by atoms with Gasteiger partial charge in [0.25, 0.3) is 0 Å². The fourth-order valence-corrected chi connectivity index (χ4v) is 3.05. The second-order valence-corrected chi connectivity index (χ2v) is 5.93. The minimum atomic E-state index is -1.30. The van der Waals surface area contributed by atoms with E-state index in [-0.39, 0.29) is 28.8 Å². The molecular weight excluding hydrogens is 352 g/mol. The molecule has 0 bridgehead atoms. The Balaban J connectivity index is 1.94. The van der Waals surface area contributed by atoms with Gasteiger partial charge in [-0.05, 0) is 6.20 Å². The van der Waals surface area contributed by atoms with Crippen molar-refractivity contribution in [3.05, 3.63) is 58.1 Å². The average Bonchev–Trinajstić information content (AvgIpc) is 3.08. The highest BCUT2D eigenvalue weighted by molar-refractivity contribution is 6.34. The Morgan fingerprint density at radius 2 is 2.16 bits per heavy atom. The summed E-state index contributed by atoms with van der Waals surface area (Å²) >= 11 is 5.92. The number of ether oxygens (including phenoxy) is 1. The summed E-state index contributed by atoms with van der Waals surface area (Å²) in [6.07, 6.45) is 11.7. The monoisotopic (exact) mass is 365 g/mol. The predicted octanol–water partition coefficient (Wildman–Crippen LogP) is 1.62. The largest absolute Gasteiger partial charge is 0.448 e. The van der Waals surface area contributed by atoms with Gasteiger partial charge >= 0.3 is 5.97 Å². The van der Waals surface area contributed by atoms with E-state index in [2.05, 4.69) is 16.6 Å². The number of allylic oxidation sites excluding steroid dienone is 1. The van der Waals surface area contributed by atoms with Crippen LogP contribution in [0.1, 0.15) is 0 Å². The minimum absolute atomic E-state index is 0.0179. The van der Waals surface area contributed by atoms with Crippen LogP contribution in [-0.4, -0.2) is 24.7 Å². The predicted molar refractivity (Wildman–Crippen MR) is 88.7 cm³/mol. The molecule has 0 saturated heterocycles. The van der Waals surface area contributed by atoms with Crippen molar-refractivity contribution >= 4 is 17.6 Å². The highest BCUT2D eigenvalue weighted by atomic mass is 35.5. The van der Waals surface area contributed by atoms with Gasteiger partial charge in [0.1, 0.15) is 17.6 Å². The van der Waals surface area contributed by atoms with Crippen LogP contribution in [0.2, 0.25) is 0 Å². The van der Waals surface area contributed by atoms with Crippen molar-refractivity contribution in [2.45, 2.75) is 12.1 Å². The summed E-state index contributed by atoms with van der Waals surface area (Å²) in [6, 6.07) is -1.91. The number of carbonyl (C=O) groups excluding carboxylic acids is 1. The van der Waals surface area contributed by atoms with E-state index in [0.717, 1.165) is 0 Å². The van der Waals surface area contributed by atoms with E-state index in [1.54, 1.807) is 18.4 Å². The first-order chi connectivity index (χ1) is 12.0. The van der Waals surface area contributed by atoms with Gasteiger partial charge in [0.15, 0.2) is 12.4 Å². The summed E-state index contributed by atoms with van der Waals surface area (Å²) in [4.78, 5) is 12.0. The molecule has 0 aromatic heterocycles. The Labute approximate surface area is 147 Å². The van der Waals surface area contributed by atoms with Crippen LogP contribution in [0, 0.1) is 18.3 Å². The molecule has 0 aromatic rings. The van der Waals surface area contributed by atoms with Gasteiger partial charge < -0.3 is 21.1 Å². The zero-order chi connectivity index (χ0) is 18.1. The molecule has 0 radical (unpaired) electrons. The third-order valence-corrected chi connectivity index (χ3v) is 4.48. The standard InChI is InChI=1S/C17H14ClF2N3O2/c1-2-7-25-17(24)16-10(18)13(21)12(20)15(23-16)9-4-3-8-5-6-22-14(8)11(9)19/h1,3-6,8,14-15,22-23H,7,21H2. The van der Waals surface area contributed by atoms with Crippen molar-refractivity contribution in [1.82, 2.24) is 10.6 Å². The van der Waals surface area contributed by atoms with Crippen LogP contribution < -0.4 is 16.4 Å². The lowest BCUT2D eigenvalue weighted by Gasteiger charge is -2.30. The molecule has 1 aliphatic carbocycles. The van der Waals surface area contributed by atoms with E-state index in [0.29, 0.717) is 0 Å². The molecule has 8 heteroatoms. The highest BCUT2D eigenvalue weighted by Gasteiger charge is 2.38. The number of nitrogens with one attached hydrogen (secondary N) is 2. The van der Waals surface area contributed by atoms with Crippen LogP contribution in [0.5, 0.6) is 0 Å². The van der Waals surface area contributed by atoms with Crippen LogP contribution in [0.3, 0.4) is 0 Å². The number of halogens is 3. The van der Waals surface area contributed by atoms with Gasteiger partial charge in [-0.1, -0.05) is 35.7 Å². The molecule has 130 valence electrons. The van der Waals surface area contributed by atoms with Crippen LogP contribution in [0.25, 0.3) is 0 Å². The molecule has 0 saturated carbocycles. The number of esters is 1. The molecule has 3 aliphatic rings. The normalized spacial score (nSPS) is 27.7. The maximum atomic E-state index is 14.8. The maximum Gasteiger partial charge on any atom is 0.357 e. The lowest BCUT2D eigenvalue weighted by atomic mass is 9.88. The molecule has 0 fully saturated rings. The van der Waals surface area contributed by atoms with E-state index in [9.17, 15) is 13.6 Å². The molecule has 0 aromatic carbocycles. The first-order valence-electron chi connectivity index (χ1n) is 7.38. The van der Waals surface area contributed by atoms with Crippen molar-refractivity contribution in [1.29, 1.82) is 0 Å². The molecule has 25 heavy (non-hydrogen) atoms. The third-order valence-electron chi connectivity index (χ3n) is 4.08. The van der Waals surface area contributed by atoms with Gasteiger partial charge in [-0.3, -0.25) is 0 Å². The van der Waals surface area contributed by atoms with Crippen LogP contribution in [0.15, 0.2) is 58.1 Å². The third kappa shape index (κ3) is 2.89. The number of carbonyl (C=O) groups is 1. The first kappa shape index (κ1) is 17.1. The van der Waals surface area contributed by atoms with Crippen molar-refractivity contribution < 1.29 is 18.3 Å². The quantitative estimate of drug-likeness (QED) is 0.523. The molecule has 2 aliphatic heterocycles. The number of hydrogen-bond donors (Lipinski definition) is 3. The van der Waals surface area contributed by atoms with E-state index in [1.807, 2.05) is 0 Å². The Morgan fingerprint density at radius 1 is 1.40 bits per heavy atom. The van der Waals surface area contributed by atoms with E-state index in [1.165, 1.54) is 6.08 Å². The van der Waals surface area contributed by atoms with Gasteiger partial charge in [0, 0.05) is 11.5 Å². The molecule has 3 atom stereocenters. The summed E-state index contributed by atoms with van der Waals surface area (Å²) in [5, 5.41) is 5.09. The van der Waals surface area contributed by atoms with E-state index in [4.69, 9.17) is 28.5 Å². The van der Waals surface area contributed by atoms with Crippen LogP contribution >= 0.6 is 11.6 Å². The van der Waals surface area contributed by atoms with Gasteiger partial charge in [0.05, 0.1) is 16.8 Å². The van der Waals surface area contributed by atoms with Crippen molar-refractivity contribution in [3.8, 4) is 12.3 Å². The molecule has 3 unspecified atom stereocenters. The fourth-order valence-electron chi connectivity index (χ4n) is 2.83. The molecular formula is C17H14ClF2N3O2. The minimum Gasteiger partial charge on any atom is -0.448 e. The lowest BCUT2D eigenvalue weighted by molar-refractivity contribution is -0.138. The Morgan fingerprint density at radius 3 is 2.88 bits per heavy atom. The molecule has 0 amide bonds. The van der Waals surface area contributed by atoms with Gasteiger partial charge in [-0.25, -0.2) is 13.6 Å². The SMILES string of the molecule is C#CCOC(=O)C1=C(Cl)C(N)=C(F)C(C2=C(F)C3NC=CC3C=C2)N1. The summed E-state index contributed by atoms with van der Waals surface area (Å²) in [5.74, 6) is -0.353. The lowest BCUT2D eigenvalue weighted by Crippen LogP contribution is -2.42. The van der Waals surface area contributed by atoms with Crippen molar-refractivity contribution in [3.63, 3.8) is 0 Å². The van der Waals surface area contributed by atoms with Gasteiger partial charge in [-0.2, -0.15) is 0 Å². The molecule has 2 heterocycles. The number of fused-ring (bicyclic) bond motifs is 1. The zero-order valence-corrected chi connectivity index (χ0v) is 13.6. The van der Waals surface area contributed by atoms with Crippen LogP contribution in [0.4, 0.5) is 8.78 Å². The maximum absolute atomic E-state index is 14.8. The Bertz CT molecular complexity index is 820. The number of dihydropyridines is 1. The van der Waals surface area contributed by atoms with Gasteiger partial charge in [0.2, 0.25) is 0 Å². The number of hydrogen-bond acceptors (Lipinski definition) is 5. The van der Waals surface area contributed by atoms with Gasteiger partial charge in [-0.15, -0.1) is 6.42 Å².